The molecule has 0 spiro atoms. The van der Waals surface area contributed by atoms with Crippen LogP contribution in [0.4, 0.5) is 16.2 Å². The standard InChI is InChI=1S/C19H24FN5O3S/c1-15-14-18(23-10-12-28-13-11-23)22-19(21-15)24-6-8-25(9-7-24)29(26,27)17-5-3-2-4-16(17)20/h2-5,14H,6-13H2,1H3. The Bertz CT molecular complexity index is 974. The average molecular weight is 421 g/mol. The Labute approximate surface area is 170 Å². The van der Waals surface area contributed by atoms with Crippen molar-refractivity contribution < 1.29 is 17.5 Å². The number of halogens is 1. The molecule has 29 heavy (non-hydrogen) atoms. The van der Waals surface area contributed by atoms with E-state index < -0.39 is 15.8 Å². The van der Waals surface area contributed by atoms with Crippen LogP contribution in [-0.2, 0) is 14.8 Å². The van der Waals surface area contributed by atoms with Crippen molar-refractivity contribution in [3.63, 3.8) is 0 Å². The van der Waals surface area contributed by atoms with Gasteiger partial charge in [-0.3, -0.25) is 0 Å². The molecular weight excluding hydrogens is 397 g/mol. The molecule has 0 atom stereocenters. The second-order valence-electron chi connectivity index (χ2n) is 7.09. The third-order valence-electron chi connectivity index (χ3n) is 5.14. The zero-order valence-corrected chi connectivity index (χ0v) is 17.1. The Morgan fingerprint density at radius 1 is 0.966 bits per heavy atom. The number of piperazine rings is 1. The number of sulfonamides is 1. The lowest BCUT2D eigenvalue weighted by Gasteiger charge is -2.35. The van der Waals surface area contributed by atoms with Gasteiger partial charge in [0.15, 0.2) is 0 Å². The molecule has 8 nitrogen and oxygen atoms in total. The van der Waals surface area contributed by atoms with Crippen LogP contribution in [0.1, 0.15) is 5.69 Å². The normalized spacial score (nSPS) is 18.8. The molecule has 0 radical (unpaired) electrons. The highest BCUT2D eigenvalue weighted by atomic mass is 32.2. The first-order chi connectivity index (χ1) is 13.9. The summed E-state index contributed by atoms with van der Waals surface area (Å²) >= 11 is 0. The maximum Gasteiger partial charge on any atom is 0.246 e. The number of hydrogen-bond donors (Lipinski definition) is 0. The van der Waals surface area contributed by atoms with Gasteiger partial charge in [0, 0.05) is 51.0 Å². The summed E-state index contributed by atoms with van der Waals surface area (Å²) in [5.41, 5.74) is 0.859. The largest absolute Gasteiger partial charge is 0.378 e. The van der Waals surface area contributed by atoms with Crippen LogP contribution in [0.3, 0.4) is 0 Å². The van der Waals surface area contributed by atoms with Gasteiger partial charge in [-0.1, -0.05) is 12.1 Å². The highest BCUT2D eigenvalue weighted by molar-refractivity contribution is 7.89. The molecule has 0 amide bonds. The predicted octanol–water partition coefficient (Wildman–Crippen LogP) is 1.27. The van der Waals surface area contributed by atoms with E-state index in [9.17, 15) is 12.8 Å². The van der Waals surface area contributed by atoms with Crippen LogP contribution in [0.25, 0.3) is 0 Å². The number of aromatic nitrogens is 2. The van der Waals surface area contributed by atoms with Crippen molar-refractivity contribution in [3.05, 3.63) is 41.8 Å². The number of aryl methyl sites for hydroxylation is 1. The molecule has 0 aliphatic carbocycles. The highest BCUT2D eigenvalue weighted by Gasteiger charge is 2.31. The molecule has 0 N–H and O–H groups in total. The van der Waals surface area contributed by atoms with Gasteiger partial charge in [-0.25, -0.2) is 17.8 Å². The van der Waals surface area contributed by atoms with E-state index in [2.05, 4.69) is 9.88 Å². The van der Waals surface area contributed by atoms with Crippen molar-refractivity contribution in [1.82, 2.24) is 14.3 Å². The van der Waals surface area contributed by atoms with E-state index in [-0.39, 0.29) is 18.0 Å². The molecule has 2 fully saturated rings. The molecule has 4 rings (SSSR count). The van der Waals surface area contributed by atoms with Gasteiger partial charge in [0.2, 0.25) is 16.0 Å². The Morgan fingerprint density at radius 2 is 1.66 bits per heavy atom. The number of hydrogen-bond acceptors (Lipinski definition) is 7. The van der Waals surface area contributed by atoms with E-state index in [1.807, 2.05) is 17.9 Å². The Morgan fingerprint density at radius 3 is 2.34 bits per heavy atom. The van der Waals surface area contributed by atoms with E-state index >= 15 is 0 Å². The van der Waals surface area contributed by atoms with Crippen LogP contribution >= 0.6 is 0 Å². The topological polar surface area (TPSA) is 78.9 Å². The van der Waals surface area contributed by atoms with Crippen molar-refractivity contribution in [1.29, 1.82) is 0 Å². The van der Waals surface area contributed by atoms with E-state index in [1.54, 1.807) is 0 Å². The van der Waals surface area contributed by atoms with Gasteiger partial charge < -0.3 is 14.5 Å². The molecule has 1 aromatic heterocycles. The summed E-state index contributed by atoms with van der Waals surface area (Å²) in [5, 5.41) is 0. The zero-order chi connectivity index (χ0) is 20.4. The summed E-state index contributed by atoms with van der Waals surface area (Å²) in [6.07, 6.45) is 0. The zero-order valence-electron chi connectivity index (χ0n) is 16.3. The first-order valence-electron chi connectivity index (χ1n) is 9.63. The maximum absolute atomic E-state index is 14.0. The summed E-state index contributed by atoms with van der Waals surface area (Å²) in [7, 11) is -3.86. The number of nitrogens with zero attached hydrogens (tertiary/aromatic N) is 5. The van der Waals surface area contributed by atoms with Crippen LogP contribution in [-0.4, -0.2) is 75.2 Å². The third-order valence-corrected chi connectivity index (χ3v) is 7.07. The number of morpholine rings is 1. The average Bonchev–Trinajstić information content (AvgIpc) is 2.74. The smallest absolute Gasteiger partial charge is 0.246 e. The van der Waals surface area contributed by atoms with Gasteiger partial charge in [-0.05, 0) is 19.1 Å². The van der Waals surface area contributed by atoms with E-state index in [4.69, 9.17) is 9.72 Å². The SMILES string of the molecule is Cc1cc(N2CCOCC2)nc(N2CCN(S(=O)(=O)c3ccccc3F)CC2)n1. The minimum absolute atomic E-state index is 0.251. The minimum atomic E-state index is -3.86. The highest BCUT2D eigenvalue weighted by Crippen LogP contribution is 2.23. The molecule has 156 valence electrons. The molecular formula is C19H24FN5O3S. The Hall–Kier alpha value is -2.30. The lowest BCUT2D eigenvalue weighted by molar-refractivity contribution is 0.122. The molecule has 0 unspecified atom stereocenters. The summed E-state index contributed by atoms with van der Waals surface area (Å²) in [5.74, 6) is 0.721. The summed E-state index contributed by atoms with van der Waals surface area (Å²) in [4.78, 5) is 13.1. The molecule has 2 aliphatic rings. The maximum atomic E-state index is 14.0. The summed E-state index contributed by atoms with van der Waals surface area (Å²) < 4.78 is 46.3. The first kappa shape index (κ1) is 20.0. The first-order valence-corrected chi connectivity index (χ1v) is 11.1. The monoisotopic (exact) mass is 421 g/mol. The van der Waals surface area contributed by atoms with Gasteiger partial charge in [-0.15, -0.1) is 0 Å². The second-order valence-corrected chi connectivity index (χ2v) is 8.99. The van der Waals surface area contributed by atoms with Crippen molar-refractivity contribution >= 4 is 21.8 Å². The van der Waals surface area contributed by atoms with Crippen molar-refractivity contribution in [2.24, 2.45) is 0 Å². The number of benzene rings is 1. The Balaban J connectivity index is 1.48. The fraction of sp³-hybridized carbons (Fsp3) is 0.474. The van der Waals surface area contributed by atoms with Gasteiger partial charge >= 0.3 is 0 Å². The molecule has 2 aliphatic heterocycles. The second kappa shape index (κ2) is 8.21. The molecule has 2 saturated heterocycles. The number of rotatable bonds is 4. The minimum Gasteiger partial charge on any atom is -0.378 e. The lowest BCUT2D eigenvalue weighted by atomic mass is 10.3. The fourth-order valence-corrected chi connectivity index (χ4v) is 5.04. The van der Waals surface area contributed by atoms with E-state index in [0.29, 0.717) is 32.3 Å². The molecule has 2 aromatic rings. The van der Waals surface area contributed by atoms with Crippen LogP contribution in [0.15, 0.2) is 35.2 Å². The van der Waals surface area contributed by atoms with Crippen molar-refractivity contribution in [2.45, 2.75) is 11.8 Å². The molecule has 0 bridgehead atoms. The van der Waals surface area contributed by atoms with Crippen molar-refractivity contribution in [3.8, 4) is 0 Å². The molecule has 3 heterocycles. The fourth-order valence-electron chi connectivity index (χ4n) is 3.55. The van der Waals surface area contributed by atoms with Crippen LogP contribution in [0, 0.1) is 12.7 Å². The molecule has 10 heteroatoms. The number of ether oxygens (including phenoxy) is 1. The quantitative estimate of drug-likeness (QED) is 0.736. The van der Waals surface area contributed by atoms with E-state index in [0.717, 1.165) is 30.7 Å². The third kappa shape index (κ3) is 4.19. The van der Waals surface area contributed by atoms with E-state index in [1.165, 1.54) is 22.5 Å². The van der Waals surface area contributed by atoms with Gasteiger partial charge in [0.05, 0.1) is 13.2 Å². The molecule has 0 saturated carbocycles. The predicted molar refractivity (Wildman–Crippen MR) is 107 cm³/mol. The van der Waals surface area contributed by atoms with Crippen LogP contribution in [0.5, 0.6) is 0 Å². The van der Waals surface area contributed by atoms with Gasteiger partial charge in [0.1, 0.15) is 16.5 Å². The number of anilines is 2. The van der Waals surface area contributed by atoms with Crippen LogP contribution < -0.4 is 9.80 Å². The Kier molecular flexibility index (Phi) is 5.66. The molecule has 1 aromatic carbocycles. The van der Waals surface area contributed by atoms with Crippen LogP contribution in [0.2, 0.25) is 0 Å². The van der Waals surface area contributed by atoms with Gasteiger partial charge in [0.25, 0.3) is 0 Å². The summed E-state index contributed by atoms with van der Waals surface area (Å²) in [6, 6.07) is 7.42. The lowest BCUT2D eigenvalue weighted by Crippen LogP contribution is -2.49. The van der Waals surface area contributed by atoms with Gasteiger partial charge in [-0.2, -0.15) is 9.29 Å². The van der Waals surface area contributed by atoms with Crippen molar-refractivity contribution in [2.75, 3.05) is 62.3 Å². The summed E-state index contributed by atoms with van der Waals surface area (Å²) in [6.45, 7) is 6.22.